The molecule has 2 N–H and O–H groups in total. The van der Waals surface area contributed by atoms with Gasteiger partial charge in [0.1, 0.15) is 5.54 Å². The summed E-state index contributed by atoms with van der Waals surface area (Å²) in [6.45, 7) is 1.84. The van der Waals surface area contributed by atoms with Gasteiger partial charge in [0.15, 0.2) is 5.16 Å². The molecule has 2 heterocycles. The smallest absolute Gasteiger partial charge is 0.234 e. The third-order valence-corrected chi connectivity index (χ3v) is 5.99. The molecule has 26 heavy (non-hydrogen) atoms. The average Bonchev–Trinajstić information content (AvgIpc) is 3.22. The van der Waals surface area contributed by atoms with Crippen LogP contribution in [0.3, 0.4) is 0 Å². The van der Waals surface area contributed by atoms with Crippen LogP contribution >= 0.6 is 11.8 Å². The van der Waals surface area contributed by atoms with E-state index < -0.39 is 5.54 Å². The Labute approximate surface area is 155 Å². The highest BCUT2D eigenvalue weighted by Crippen LogP contribution is 2.30. The van der Waals surface area contributed by atoms with Crippen LogP contribution in [0, 0.1) is 11.3 Å². The van der Waals surface area contributed by atoms with Crippen molar-refractivity contribution in [1.29, 1.82) is 5.26 Å². The number of nitriles is 1. The van der Waals surface area contributed by atoms with Gasteiger partial charge >= 0.3 is 0 Å². The van der Waals surface area contributed by atoms with Crippen LogP contribution in [-0.4, -0.2) is 36.3 Å². The minimum absolute atomic E-state index is 0.126. The van der Waals surface area contributed by atoms with Crippen LogP contribution in [0.25, 0.3) is 16.8 Å². The molecule has 0 aliphatic heterocycles. The lowest BCUT2D eigenvalue weighted by Gasteiger charge is -2.32. The SMILES string of the molecule is CC(Sc1n[nH]c2nc3ccccc3n12)C(=O)NC1(C#N)CCCCC1. The predicted octanol–water partition coefficient (Wildman–Crippen LogP) is 3.03. The number of nitrogens with one attached hydrogen (secondary N) is 2. The van der Waals surface area contributed by atoms with Crippen molar-refractivity contribution in [3.05, 3.63) is 24.3 Å². The second-order valence-electron chi connectivity index (χ2n) is 6.77. The van der Waals surface area contributed by atoms with Crippen LogP contribution in [0.5, 0.6) is 0 Å². The normalized spacial score (nSPS) is 17.8. The summed E-state index contributed by atoms with van der Waals surface area (Å²) in [5.74, 6) is 0.529. The van der Waals surface area contributed by atoms with E-state index in [9.17, 15) is 10.1 Å². The number of aromatic amines is 1. The number of benzene rings is 1. The van der Waals surface area contributed by atoms with Gasteiger partial charge in [-0.25, -0.2) is 10.1 Å². The first-order chi connectivity index (χ1) is 12.6. The Bertz CT molecular complexity index is 994. The summed E-state index contributed by atoms with van der Waals surface area (Å²) in [5.41, 5.74) is 1.12. The zero-order chi connectivity index (χ0) is 18.1. The lowest BCUT2D eigenvalue weighted by Crippen LogP contribution is -2.50. The van der Waals surface area contributed by atoms with Crippen molar-refractivity contribution in [2.75, 3.05) is 0 Å². The van der Waals surface area contributed by atoms with E-state index in [1.54, 1.807) is 0 Å². The Kier molecular flexibility index (Phi) is 4.32. The largest absolute Gasteiger partial charge is 0.337 e. The molecule has 0 bridgehead atoms. The van der Waals surface area contributed by atoms with Crippen molar-refractivity contribution in [3.63, 3.8) is 0 Å². The van der Waals surface area contributed by atoms with E-state index in [0.29, 0.717) is 10.9 Å². The summed E-state index contributed by atoms with van der Waals surface area (Å²) in [4.78, 5) is 17.2. The van der Waals surface area contributed by atoms with Crippen LogP contribution in [0.1, 0.15) is 39.0 Å². The number of para-hydroxylation sites is 2. The Morgan fingerprint density at radius 3 is 2.92 bits per heavy atom. The molecular weight excluding hydrogens is 348 g/mol. The summed E-state index contributed by atoms with van der Waals surface area (Å²) in [7, 11) is 0. The minimum Gasteiger partial charge on any atom is -0.337 e. The van der Waals surface area contributed by atoms with E-state index in [1.165, 1.54) is 11.8 Å². The van der Waals surface area contributed by atoms with E-state index in [0.717, 1.165) is 43.1 Å². The minimum atomic E-state index is -0.716. The molecule has 7 nitrogen and oxygen atoms in total. The fourth-order valence-corrected chi connectivity index (χ4v) is 4.36. The molecule has 1 aliphatic rings. The van der Waals surface area contributed by atoms with Crippen LogP contribution < -0.4 is 5.32 Å². The van der Waals surface area contributed by atoms with E-state index in [-0.39, 0.29) is 11.2 Å². The molecule has 1 saturated carbocycles. The number of rotatable bonds is 4. The maximum absolute atomic E-state index is 12.7. The van der Waals surface area contributed by atoms with E-state index in [1.807, 2.05) is 35.6 Å². The van der Waals surface area contributed by atoms with E-state index in [4.69, 9.17) is 0 Å². The van der Waals surface area contributed by atoms with Gasteiger partial charge in [-0.2, -0.15) is 5.26 Å². The highest BCUT2D eigenvalue weighted by atomic mass is 32.2. The number of thioether (sulfide) groups is 1. The second kappa shape index (κ2) is 6.65. The molecule has 0 saturated heterocycles. The summed E-state index contributed by atoms with van der Waals surface area (Å²) in [6.07, 6.45) is 4.55. The van der Waals surface area contributed by atoms with Crippen LogP contribution in [-0.2, 0) is 4.79 Å². The first kappa shape index (κ1) is 16.9. The average molecular weight is 368 g/mol. The van der Waals surface area contributed by atoms with E-state index >= 15 is 0 Å². The number of carbonyl (C=O) groups excluding carboxylic acids is 1. The first-order valence-corrected chi connectivity index (χ1v) is 9.71. The topological polar surface area (TPSA) is 98.9 Å². The third-order valence-electron chi connectivity index (χ3n) is 4.94. The molecule has 4 rings (SSSR count). The highest BCUT2D eigenvalue weighted by Gasteiger charge is 2.35. The Morgan fingerprint density at radius 1 is 1.38 bits per heavy atom. The van der Waals surface area contributed by atoms with Crippen LogP contribution in [0.4, 0.5) is 0 Å². The summed E-state index contributed by atoms with van der Waals surface area (Å²) in [5, 5.41) is 20.1. The number of carbonyl (C=O) groups is 1. The molecule has 1 amide bonds. The number of amides is 1. The number of aromatic nitrogens is 4. The van der Waals surface area contributed by atoms with Crippen molar-refractivity contribution in [3.8, 4) is 6.07 Å². The lowest BCUT2D eigenvalue weighted by molar-refractivity contribution is -0.121. The van der Waals surface area contributed by atoms with Crippen molar-refractivity contribution >= 4 is 34.5 Å². The van der Waals surface area contributed by atoms with Crippen LogP contribution in [0.15, 0.2) is 29.4 Å². The summed E-state index contributed by atoms with van der Waals surface area (Å²) < 4.78 is 1.92. The van der Waals surface area contributed by atoms with Gasteiger partial charge < -0.3 is 5.32 Å². The summed E-state index contributed by atoms with van der Waals surface area (Å²) >= 11 is 1.36. The molecule has 0 radical (unpaired) electrons. The van der Waals surface area contributed by atoms with Gasteiger partial charge in [0.05, 0.1) is 22.4 Å². The third kappa shape index (κ3) is 2.92. The molecule has 1 atom stereocenters. The predicted molar refractivity (Wildman–Crippen MR) is 99.7 cm³/mol. The zero-order valence-corrected chi connectivity index (χ0v) is 15.3. The fourth-order valence-electron chi connectivity index (χ4n) is 3.49. The molecule has 1 aromatic carbocycles. The molecule has 1 unspecified atom stereocenters. The molecule has 8 heteroatoms. The zero-order valence-electron chi connectivity index (χ0n) is 14.5. The number of fused-ring (bicyclic) bond motifs is 3. The van der Waals surface area contributed by atoms with Gasteiger partial charge in [-0.15, -0.1) is 5.10 Å². The lowest BCUT2D eigenvalue weighted by atomic mass is 9.83. The maximum atomic E-state index is 12.7. The number of nitrogens with zero attached hydrogens (tertiary/aromatic N) is 4. The van der Waals surface area contributed by atoms with Gasteiger partial charge in [0.2, 0.25) is 11.7 Å². The quantitative estimate of drug-likeness (QED) is 0.690. The molecule has 1 aliphatic carbocycles. The number of imidazole rings is 1. The number of hydrogen-bond donors (Lipinski definition) is 2. The summed E-state index contributed by atoms with van der Waals surface area (Å²) in [6, 6.07) is 10.2. The maximum Gasteiger partial charge on any atom is 0.234 e. The molecule has 1 fully saturated rings. The molecule has 3 aromatic rings. The number of H-pyrrole nitrogens is 1. The van der Waals surface area contributed by atoms with Crippen molar-refractivity contribution in [2.45, 2.75) is 55.0 Å². The standard InChI is InChI=1S/C18H20N6OS/c1-12(15(25)21-18(11-19)9-5-2-6-10-18)26-17-23-22-16-20-13-7-3-4-8-14(13)24(16)17/h3-4,7-8,12H,2,5-6,9-10H2,1H3,(H,20,22)(H,21,25). The van der Waals surface area contributed by atoms with Crippen molar-refractivity contribution in [2.24, 2.45) is 0 Å². The Morgan fingerprint density at radius 2 is 2.15 bits per heavy atom. The Hall–Kier alpha value is -2.53. The van der Waals surface area contributed by atoms with Gasteiger partial charge in [0, 0.05) is 0 Å². The molecular formula is C18H20N6OS. The monoisotopic (exact) mass is 368 g/mol. The van der Waals surface area contributed by atoms with E-state index in [2.05, 4.69) is 26.6 Å². The first-order valence-electron chi connectivity index (χ1n) is 8.83. The van der Waals surface area contributed by atoms with Gasteiger partial charge in [-0.05, 0) is 31.9 Å². The van der Waals surface area contributed by atoms with Gasteiger partial charge in [-0.3, -0.25) is 9.20 Å². The van der Waals surface area contributed by atoms with Crippen molar-refractivity contribution < 1.29 is 4.79 Å². The molecule has 2 aromatic heterocycles. The second-order valence-corrected chi connectivity index (χ2v) is 8.08. The highest BCUT2D eigenvalue weighted by molar-refractivity contribution is 8.00. The number of hydrogen-bond acceptors (Lipinski definition) is 5. The molecule has 0 spiro atoms. The van der Waals surface area contributed by atoms with Crippen LogP contribution in [0.2, 0.25) is 0 Å². The van der Waals surface area contributed by atoms with Gasteiger partial charge in [0.25, 0.3) is 0 Å². The molecule has 134 valence electrons. The Balaban J connectivity index is 1.54. The van der Waals surface area contributed by atoms with Gasteiger partial charge in [-0.1, -0.05) is 43.2 Å². The van der Waals surface area contributed by atoms with Crippen molar-refractivity contribution in [1.82, 2.24) is 24.9 Å². The fraction of sp³-hybridized carbons (Fsp3) is 0.444.